The van der Waals surface area contributed by atoms with E-state index in [-0.39, 0.29) is 18.4 Å². The molecular formula is C15H16N4O7S. The lowest BCUT2D eigenvalue weighted by molar-refractivity contribution is -0.132. The third-order valence-electron chi connectivity index (χ3n) is 4.73. The Bertz CT molecular complexity index is 930. The molecule has 2 atom stereocenters. The maximum atomic E-state index is 12.7. The van der Waals surface area contributed by atoms with Crippen molar-refractivity contribution in [2.75, 3.05) is 6.54 Å². The Hall–Kier alpha value is -2.70. The highest BCUT2D eigenvalue weighted by Crippen LogP contribution is 2.44. The molecule has 0 aromatic heterocycles. The Balaban J connectivity index is 1.62. The van der Waals surface area contributed by atoms with Gasteiger partial charge in [-0.15, -0.1) is 4.28 Å². The van der Waals surface area contributed by atoms with E-state index >= 15 is 0 Å². The predicted molar refractivity (Wildman–Crippen MR) is 87.5 cm³/mol. The first-order chi connectivity index (χ1) is 12.8. The van der Waals surface area contributed by atoms with Crippen molar-refractivity contribution in [3.05, 3.63) is 35.4 Å². The summed E-state index contributed by atoms with van der Waals surface area (Å²) >= 11 is 0. The number of carbonyl (C=O) groups is 3. The number of rotatable bonds is 4. The summed E-state index contributed by atoms with van der Waals surface area (Å²) in [5, 5.41) is 0.532. The van der Waals surface area contributed by atoms with Crippen LogP contribution in [0.2, 0.25) is 0 Å². The Labute approximate surface area is 154 Å². The van der Waals surface area contributed by atoms with Gasteiger partial charge in [0.1, 0.15) is 12.1 Å². The molecule has 1 saturated heterocycles. The van der Waals surface area contributed by atoms with Crippen LogP contribution in [0.1, 0.15) is 36.1 Å². The van der Waals surface area contributed by atoms with E-state index < -0.39 is 34.4 Å². The second kappa shape index (κ2) is 6.18. The predicted octanol–water partition coefficient (Wildman–Crippen LogP) is -0.188. The van der Waals surface area contributed by atoms with Crippen LogP contribution in [0.15, 0.2) is 24.3 Å². The number of hydrogen-bond donors (Lipinski definition) is 3. The molecule has 0 spiro atoms. The topological polar surface area (TPSA) is 145 Å². The molecule has 1 aliphatic carbocycles. The molecular weight excluding hydrogens is 380 g/mol. The van der Waals surface area contributed by atoms with Crippen LogP contribution in [0.3, 0.4) is 0 Å². The molecule has 3 aliphatic rings. The van der Waals surface area contributed by atoms with Crippen LogP contribution < -0.4 is 10.9 Å². The van der Waals surface area contributed by atoms with E-state index in [4.69, 9.17) is 4.55 Å². The maximum absolute atomic E-state index is 12.7. The van der Waals surface area contributed by atoms with Crippen molar-refractivity contribution < 1.29 is 31.6 Å². The van der Waals surface area contributed by atoms with Crippen LogP contribution in [0.5, 0.6) is 0 Å². The van der Waals surface area contributed by atoms with Gasteiger partial charge < -0.3 is 4.90 Å². The van der Waals surface area contributed by atoms with Gasteiger partial charge in [0.2, 0.25) is 5.91 Å². The number of hydroxylamine groups is 2. The summed E-state index contributed by atoms with van der Waals surface area (Å²) in [6.45, 7) is -0.0139. The lowest BCUT2D eigenvalue weighted by Crippen LogP contribution is -2.50. The van der Waals surface area contributed by atoms with Crippen molar-refractivity contribution in [3.63, 3.8) is 0 Å². The number of nitrogens with zero attached hydrogens (tertiary/aromatic N) is 2. The maximum Gasteiger partial charge on any atom is 0.418 e. The molecule has 1 saturated carbocycles. The summed E-state index contributed by atoms with van der Waals surface area (Å²) < 4.78 is 35.5. The lowest BCUT2D eigenvalue weighted by Gasteiger charge is -2.31. The van der Waals surface area contributed by atoms with E-state index in [1.165, 1.54) is 0 Å². The molecule has 2 aliphatic heterocycles. The van der Waals surface area contributed by atoms with E-state index in [2.05, 4.69) is 15.1 Å². The quantitative estimate of drug-likeness (QED) is 0.472. The van der Waals surface area contributed by atoms with Gasteiger partial charge in [0.15, 0.2) is 0 Å². The van der Waals surface area contributed by atoms with E-state index in [1.54, 1.807) is 24.3 Å². The summed E-state index contributed by atoms with van der Waals surface area (Å²) in [6.07, 6.45) is 1.53. The van der Waals surface area contributed by atoms with Gasteiger partial charge in [0.05, 0.1) is 6.54 Å². The zero-order valence-electron chi connectivity index (χ0n) is 13.9. The first kappa shape index (κ1) is 17.7. The summed E-state index contributed by atoms with van der Waals surface area (Å²) in [7, 11) is -4.92. The molecule has 2 bridgehead atoms. The zero-order valence-corrected chi connectivity index (χ0v) is 14.7. The third kappa shape index (κ3) is 3.22. The second-order valence-electron chi connectivity index (χ2n) is 6.56. The molecule has 11 nitrogen and oxygen atoms in total. The number of hydrogen-bond acceptors (Lipinski definition) is 6. The highest BCUT2D eigenvalue weighted by atomic mass is 32.3. The summed E-state index contributed by atoms with van der Waals surface area (Å²) in [5.41, 5.74) is 5.64. The van der Waals surface area contributed by atoms with Crippen molar-refractivity contribution >= 4 is 28.2 Å². The van der Waals surface area contributed by atoms with Gasteiger partial charge in [-0.1, -0.05) is 24.3 Å². The molecule has 1 aromatic carbocycles. The average molecular weight is 396 g/mol. The fourth-order valence-electron chi connectivity index (χ4n) is 3.38. The average Bonchev–Trinajstić information content (AvgIpc) is 3.43. The fraction of sp³-hybridized carbons (Fsp3) is 0.400. The number of nitrogens with one attached hydrogen (secondary N) is 2. The standard InChI is InChI=1S/C15H16N4O7S/c20-13(8-5-6-8)16-17-14(21)12-10-4-2-1-3-9(10)11-7-18(12)15(22)19(11)26-27(23,24)25/h1-4,8,11-12H,5-7H2,(H,16,20)(H,17,21)(H,23,24,25)/t11-,12-/m0/s1. The molecule has 12 heteroatoms. The van der Waals surface area contributed by atoms with E-state index in [0.717, 1.165) is 17.7 Å². The Morgan fingerprint density at radius 3 is 2.37 bits per heavy atom. The minimum absolute atomic E-state index is 0.0139. The van der Waals surface area contributed by atoms with Gasteiger partial charge in [0.25, 0.3) is 5.91 Å². The van der Waals surface area contributed by atoms with Gasteiger partial charge in [-0.3, -0.25) is 25.0 Å². The Kier molecular flexibility index (Phi) is 4.05. The van der Waals surface area contributed by atoms with Crippen molar-refractivity contribution in [2.24, 2.45) is 5.92 Å². The van der Waals surface area contributed by atoms with Gasteiger partial charge >= 0.3 is 16.4 Å². The minimum atomic E-state index is -4.92. The normalized spacial score (nSPS) is 23.8. The molecule has 27 heavy (non-hydrogen) atoms. The number of amides is 4. The first-order valence-electron chi connectivity index (χ1n) is 8.21. The third-order valence-corrected chi connectivity index (χ3v) is 5.08. The van der Waals surface area contributed by atoms with Gasteiger partial charge in [-0.25, -0.2) is 4.79 Å². The van der Waals surface area contributed by atoms with Crippen LogP contribution in [0.25, 0.3) is 0 Å². The molecule has 2 heterocycles. The monoisotopic (exact) mass is 396 g/mol. The number of hydrazine groups is 1. The molecule has 4 amide bonds. The number of carbonyl (C=O) groups excluding carboxylic acids is 3. The van der Waals surface area contributed by atoms with Crippen molar-refractivity contribution in [3.8, 4) is 0 Å². The van der Waals surface area contributed by atoms with E-state index in [0.29, 0.717) is 16.2 Å². The Morgan fingerprint density at radius 2 is 1.74 bits per heavy atom. The van der Waals surface area contributed by atoms with Gasteiger partial charge in [-0.05, 0) is 24.0 Å². The zero-order chi connectivity index (χ0) is 19.3. The lowest BCUT2D eigenvalue weighted by atomic mass is 9.91. The number of fused-ring (bicyclic) bond motifs is 4. The molecule has 0 unspecified atom stereocenters. The smallest absolute Gasteiger partial charge is 0.304 e. The number of urea groups is 1. The van der Waals surface area contributed by atoms with Crippen LogP contribution in [0.4, 0.5) is 4.79 Å². The van der Waals surface area contributed by atoms with Crippen molar-refractivity contribution in [2.45, 2.75) is 24.9 Å². The van der Waals surface area contributed by atoms with E-state index in [9.17, 15) is 22.8 Å². The fourth-order valence-corrected chi connectivity index (χ4v) is 3.75. The van der Waals surface area contributed by atoms with E-state index in [1.807, 2.05) is 0 Å². The second-order valence-corrected chi connectivity index (χ2v) is 7.57. The molecule has 2 fully saturated rings. The summed E-state index contributed by atoms with van der Waals surface area (Å²) in [6, 6.07) is 3.84. The minimum Gasteiger partial charge on any atom is -0.304 e. The Morgan fingerprint density at radius 1 is 1.11 bits per heavy atom. The summed E-state index contributed by atoms with van der Waals surface area (Å²) in [4.78, 5) is 38.1. The summed E-state index contributed by atoms with van der Waals surface area (Å²) in [5.74, 6) is -1.05. The molecule has 0 radical (unpaired) electrons. The SMILES string of the molecule is O=C(NNC(=O)[C@@H]1c2ccccc2[C@@H]2CN1C(=O)N2OS(=O)(=O)O)C1CC1. The molecule has 4 rings (SSSR count). The van der Waals surface area contributed by atoms with Crippen molar-refractivity contribution in [1.82, 2.24) is 20.8 Å². The molecule has 1 aromatic rings. The highest BCUT2D eigenvalue weighted by molar-refractivity contribution is 7.80. The van der Waals surface area contributed by atoms with Crippen LogP contribution in [-0.4, -0.2) is 47.3 Å². The highest BCUT2D eigenvalue weighted by Gasteiger charge is 2.52. The largest absolute Gasteiger partial charge is 0.418 e. The van der Waals surface area contributed by atoms with Gasteiger partial charge in [0, 0.05) is 5.92 Å². The number of benzene rings is 1. The van der Waals surface area contributed by atoms with Crippen LogP contribution in [-0.2, 0) is 24.3 Å². The van der Waals surface area contributed by atoms with Crippen LogP contribution >= 0.6 is 0 Å². The molecule has 144 valence electrons. The van der Waals surface area contributed by atoms with Crippen LogP contribution in [0, 0.1) is 5.92 Å². The first-order valence-corrected chi connectivity index (χ1v) is 9.58. The molecule has 3 N–H and O–H groups in total. The van der Waals surface area contributed by atoms with Crippen molar-refractivity contribution in [1.29, 1.82) is 0 Å². The van der Waals surface area contributed by atoms with Gasteiger partial charge in [-0.2, -0.15) is 13.5 Å².